The Morgan fingerprint density at radius 2 is 1.77 bits per heavy atom. The highest BCUT2D eigenvalue weighted by atomic mass is 35.5. The number of benzene rings is 2. The number of H-pyrrole nitrogens is 1. The highest BCUT2D eigenvalue weighted by molar-refractivity contribution is 6.32. The van der Waals surface area contributed by atoms with Crippen molar-refractivity contribution in [3.8, 4) is 16.9 Å². The van der Waals surface area contributed by atoms with E-state index in [9.17, 15) is 19.2 Å². The number of carbonyl (C=O) groups is 4. The number of hydrogen-bond acceptors (Lipinski definition) is 9. The van der Waals surface area contributed by atoms with Crippen LogP contribution < -0.4 is 10.6 Å². The second-order valence-electron chi connectivity index (χ2n) is 10.4. The Labute approximate surface area is 278 Å². The molecule has 4 aromatic rings. The van der Waals surface area contributed by atoms with E-state index in [0.29, 0.717) is 59.4 Å². The number of amides is 4. The summed E-state index contributed by atoms with van der Waals surface area (Å²) in [6.07, 6.45) is 3.54. The first-order valence-electron chi connectivity index (χ1n) is 14.4. The van der Waals surface area contributed by atoms with Crippen molar-refractivity contribution >= 4 is 58.8 Å². The third kappa shape index (κ3) is 8.31. The van der Waals surface area contributed by atoms with Gasteiger partial charge in [-0.1, -0.05) is 35.3 Å². The van der Waals surface area contributed by atoms with Crippen LogP contribution in [0.4, 0.5) is 10.5 Å². The summed E-state index contributed by atoms with van der Waals surface area (Å²) in [5, 5.41) is 17.3. The molecule has 3 N–H and O–H groups in total. The Hall–Kier alpha value is -5.28. The van der Waals surface area contributed by atoms with Crippen LogP contribution in [0.2, 0.25) is 10.2 Å². The molecule has 0 bridgehead atoms. The molecule has 15 nitrogen and oxygen atoms in total. The van der Waals surface area contributed by atoms with E-state index in [2.05, 4.69) is 40.9 Å². The van der Waals surface area contributed by atoms with Crippen molar-refractivity contribution < 1.29 is 23.9 Å². The standard InChI is InChI=1S/C30H30Cl2N10O5/c1-18(43)40-11-13-41(14-12-40)26(45)16-23(29-36-27(28(32)37-29)19-3-7-22(8-4-19)34-30(46)47-2)35-25(44)10-5-20-15-21(31)6-9-24(20)42-17-33-38-39-42/h3-10,15,17,23H,11-14,16H2,1-2H3,(H,34,46)(H,35,44)(H,36,37)/t23-/m0/s1. The summed E-state index contributed by atoms with van der Waals surface area (Å²) in [6, 6.07) is 10.9. The van der Waals surface area contributed by atoms with Gasteiger partial charge in [0.15, 0.2) is 0 Å². The third-order valence-corrected chi connectivity index (χ3v) is 7.88. The van der Waals surface area contributed by atoms with E-state index in [-0.39, 0.29) is 29.2 Å². The number of hydrogen-bond donors (Lipinski definition) is 3. The summed E-state index contributed by atoms with van der Waals surface area (Å²) in [4.78, 5) is 61.0. The van der Waals surface area contributed by atoms with Crippen molar-refractivity contribution in [3.05, 3.63) is 76.4 Å². The van der Waals surface area contributed by atoms with E-state index in [4.69, 9.17) is 23.2 Å². The van der Waals surface area contributed by atoms with Gasteiger partial charge in [0.25, 0.3) is 0 Å². The zero-order valence-electron chi connectivity index (χ0n) is 25.3. The van der Waals surface area contributed by atoms with Gasteiger partial charge in [-0.15, -0.1) is 5.10 Å². The van der Waals surface area contributed by atoms with Crippen molar-refractivity contribution in [2.75, 3.05) is 38.6 Å². The lowest BCUT2D eigenvalue weighted by Crippen LogP contribution is -2.50. The molecule has 0 radical (unpaired) electrons. The molecule has 0 spiro atoms. The number of halogens is 2. The minimum Gasteiger partial charge on any atom is -0.453 e. The fourth-order valence-corrected chi connectivity index (χ4v) is 5.35. The Bertz CT molecular complexity index is 1780. The number of nitrogens with one attached hydrogen (secondary N) is 3. The van der Waals surface area contributed by atoms with Gasteiger partial charge in [0.2, 0.25) is 17.7 Å². The zero-order chi connectivity index (χ0) is 33.5. The van der Waals surface area contributed by atoms with Crippen LogP contribution in [0.5, 0.6) is 0 Å². The van der Waals surface area contributed by atoms with Crippen LogP contribution in [0.1, 0.15) is 30.8 Å². The van der Waals surface area contributed by atoms with Crippen LogP contribution in [0.3, 0.4) is 0 Å². The van der Waals surface area contributed by atoms with Crippen molar-refractivity contribution in [3.63, 3.8) is 0 Å². The van der Waals surface area contributed by atoms with Gasteiger partial charge in [0.1, 0.15) is 23.0 Å². The average molecular weight is 682 g/mol. The normalized spacial score (nSPS) is 13.8. The Kier molecular flexibility index (Phi) is 10.5. The van der Waals surface area contributed by atoms with Crippen molar-refractivity contribution in [1.29, 1.82) is 0 Å². The van der Waals surface area contributed by atoms with Crippen molar-refractivity contribution in [1.82, 2.24) is 45.3 Å². The maximum Gasteiger partial charge on any atom is 0.411 e. The number of rotatable bonds is 9. The summed E-state index contributed by atoms with van der Waals surface area (Å²) in [5.74, 6) is -0.537. The van der Waals surface area contributed by atoms with Crippen LogP contribution >= 0.6 is 23.2 Å². The number of nitrogens with zero attached hydrogens (tertiary/aromatic N) is 7. The minimum atomic E-state index is -0.893. The molecule has 17 heteroatoms. The van der Waals surface area contributed by atoms with Crippen LogP contribution in [0.15, 0.2) is 54.9 Å². The zero-order valence-corrected chi connectivity index (χ0v) is 26.8. The number of carbonyl (C=O) groups excluding carboxylic acids is 4. The Morgan fingerprint density at radius 1 is 1.04 bits per heavy atom. The molecule has 1 aliphatic rings. The second-order valence-corrected chi connectivity index (χ2v) is 11.2. The molecule has 2 aromatic heterocycles. The van der Waals surface area contributed by atoms with Crippen molar-refractivity contribution in [2.45, 2.75) is 19.4 Å². The molecule has 4 amide bonds. The molecule has 47 heavy (non-hydrogen) atoms. The number of aromatic amines is 1. The number of methoxy groups -OCH3 is 1. The van der Waals surface area contributed by atoms with Gasteiger partial charge >= 0.3 is 6.09 Å². The number of imidazole rings is 1. The topological polar surface area (TPSA) is 180 Å². The van der Waals surface area contributed by atoms with Gasteiger partial charge < -0.3 is 24.8 Å². The Morgan fingerprint density at radius 3 is 2.43 bits per heavy atom. The average Bonchev–Trinajstić information content (AvgIpc) is 3.74. The molecule has 5 rings (SSSR count). The molecule has 2 aromatic carbocycles. The summed E-state index contributed by atoms with van der Waals surface area (Å²) in [6.45, 7) is 3.06. The smallest absolute Gasteiger partial charge is 0.411 e. The molecule has 3 heterocycles. The van der Waals surface area contributed by atoms with Gasteiger partial charge in [0.05, 0.1) is 25.3 Å². The van der Waals surface area contributed by atoms with E-state index in [0.717, 1.165) is 0 Å². The largest absolute Gasteiger partial charge is 0.453 e. The van der Waals surface area contributed by atoms with Crippen LogP contribution in [-0.4, -0.2) is 97.1 Å². The lowest BCUT2D eigenvalue weighted by Gasteiger charge is -2.34. The second kappa shape index (κ2) is 14.9. The lowest BCUT2D eigenvalue weighted by molar-refractivity contribution is -0.139. The number of tetrazole rings is 1. The van der Waals surface area contributed by atoms with E-state index in [1.807, 2.05) is 0 Å². The molecule has 0 unspecified atom stereocenters. The molecular formula is C30H30Cl2N10O5. The molecule has 0 aliphatic carbocycles. The third-order valence-electron chi connectivity index (χ3n) is 7.37. The van der Waals surface area contributed by atoms with Gasteiger partial charge in [-0.3, -0.25) is 19.7 Å². The number of aromatic nitrogens is 6. The molecule has 0 saturated carbocycles. The van der Waals surface area contributed by atoms with Crippen LogP contribution in [-0.2, 0) is 19.1 Å². The van der Waals surface area contributed by atoms with E-state index in [1.165, 1.54) is 31.1 Å². The summed E-state index contributed by atoms with van der Waals surface area (Å²) in [7, 11) is 1.27. The monoisotopic (exact) mass is 680 g/mol. The molecule has 1 fully saturated rings. The molecule has 1 aliphatic heterocycles. The van der Waals surface area contributed by atoms with E-state index < -0.39 is 18.0 Å². The summed E-state index contributed by atoms with van der Waals surface area (Å²) >= 11 is 12.8. The van der Waals surface area contributed by atoms with E-state index in [1.54, 1.807) is 58.3 Å². The van der Waals surface area contributed by atoms with Crippen molar-refractivity contribution in [2.24, 2.45) is 0 Å². The predicted octanol–water partition coefficient (Wildman–Crippen LogP) is 3.49. The summed E-state index contributed by atoms with van der Waals surface area (Å²) < 4.78 is 6.06. The fraction of sp³-hybridized carbons (Fsp3) is 0.267. The number of ether oxygens (including phenoxy) is 1. The molecule has 1 atom stereocenters. The lowest BCUT2D eigenvalue weighted by atomic mass is 10.1. The highest BCUT2D eigenvalue weighted by Gasteiger charge is 2.28. The van der Waals surface area contributed by atoms with Gasteiger partial charge in [-0.05, 0) is 46.8 Å². The molecular weight excluding hydrogens is 651 g/mol. The molecule has 1 saturated heterocycles. The van der Waals surface area contributed by atoms with Gasteiger partial charge in [0, 0.05) is 61.0 Å². The Balaban J connectivity index is 1.38. The highest BCUT2D eigenvalue weighted by Crippen LogP contribution is 2.30. The van der Waals surface area contributed by atoms with E-state index >= 15 is 0 Å². The number of anilines is 1. The first-order valence-corrected chi connectivity index (χ1v) is 15.1. The maximum absolute atomic E-state index is 13.4. The number of piperazine rings is 1. The first kappa shape index (κ1) is 33.1. The predicted molar refractivity (Wildman–Crippen MR) is 173 cm³/mol. The first-order chi connectivity index (χ1) is 22.6. The van der Waals surface area contributed by atoms with Gasteiger partial charge in [-0.25, -0.2) is 9.78 Å². The maximum atomic E-state index is 13.4. The minimum absolute atomic E-state index is 0.0520. The quantitative estimate of drug-likeness (QED) is 0.223. The van der Waals surface area contributed by atoms with Crippen LogP contribution in [0, 0.1) is 0 Å². The van der Waals surface area contributed by atoms with Gasteiger partial charge in [-0.2, -0.15) is 4.68 Å². The van der Waals surface area contributed by atoms with Crippen LogP contribution in [0.25, 0.3) is 23.0 Å². The fourth-order valence-electron chi connectivity index (χ4n) is 4.92. The summed E-state index contributed by atoms with van der Waals surface area (Å²) in [5.41, 5.74) is 2.68. The SMILES string of the molecule is COC(=O)Nc1ccc(-c2nc([C@H](CC(=O)N3CCN(C(C)=O)CC3)NC(=O)C=Cc3cc(Cl)ccc3-n3cnnn3)[nH]c2Cl)cc1. The molecule has 244 valence electrons.